The summed E-state index contributed by atoms with van der Waals surface area (Å²) in [6, 6.07) is 8.60. The molecule has 0 aliphatic heterocycles. The number of hydrogen-bond donors (Lipinski definition) is 1. The highest BCUT2D eigenvalue weighted by molar-refractivity contribution is 5.55. The molecule has 0 saturated heterocycles. The van der Waals surface area contributed by atoms with Crippen LogP contribution in [0.1, 0.15) is 31.0 Å². The van der Waals surface area contributed by atoms with Crippen LogP contribution < -0.4 is 0 Å². The topological polar surface area (TPSA) is 62.2 Å². The molecule has 0 unspecified atom stereocenters. The fraction of sp³-hybridized carbons (Fsp3) is 0.235. The van der Waals surface area contributed by atoms with E-state index < -0.39 is 11.7 Å². The minimum Gasteiger partial charge on any atom is -0.506 e. The Morgan fingerprint density at radius 1 is 1.08 bits per heavy atom. The average Bonchev–Trinajstić information content (AvgIpc) is 2.91. The fourth-order valence-electron chi connectivity index (χ4n) is 2.35. The van der Waals surface area contributed by atoms with Crippen LogP contribution >= 0.6 is 0 Å². The van der Waals surface area contributed by atoms with E-state index in [1.54, 1.807) is 18.2 Å². The molecule has 2 aromatic heterocycles. The predicted molar refractivity (Wildman–Crippen MR) is 86.6 cm³/mol. The molecule has 1 aromatic carbocycles. The number of alkyl halides is 3. The molecule has 0 radical (unpaired) electrons. The Bertz CT molecular complexity index is 945. The van der Waals surface area contributed by atoms with Crippen LogP contribution in [0.2, 0.25) is 0 Å². The molecule has 0 aliphatic carbocycles. The smallest absolute Gasteiger partial charge is 0.417 e. The van der Waals surface area contributed by atoms with E-state index in [1.165, 1.54) is 16.5 Å². The summed E-state index contributed by atoms with van der Waals surface area (Å²) in [5.74, 6) is 0.0778. The molecule has 3 rings (SSSR count). The highest BCUT2D eigenvalue weighted by Crippen LogP contribution is 2.34. The van der Waals surface area contributed by atoms with Crippen LogP contribution in [-0.4, -0.2) is 14.5 Å². The largest absolute Gasteiger partial charge is 0.506 e. The summed E-state index contributed by atoms with van der Waals surface area (Å²) < 4.78 is 40.3. The van der Waals surface area contributed by atoms with Crippen molar-refractivity contribution < 1.29 is 18.3 Å². The molecular formula is C17H15F3N4O. The summed E-state index contributed by atoms with van der Waals surface area (Å²) in [6.45, 7) is 3.73. The van der Waals surface area contributed by atoms with Crippen LogP contribution in [0.25, 0.3) is 5.65 Å². The number of phenolic OH excluding ortho intramolecular Hbond substituents is 1. The Kier molecular flexibility index (Phi) is 4.20. The van der Waals surface area contributed by atoms with Crippen LogP contribution in [0.15, 0.2) is 52.8 Å². The normalized spacial score (nSPS) is 12.6. The van der Waals surface area contributed by atoms with Gasteiger partial charge >= 0.3 is 6.18 Å². The third-order valence-corrected chi connectivity index (χ3v) is 3.63. The van der Waals surface area contributed by atoms with Crippen LogP contribution in [-0.2, 0) is 6.18 Å². The molecule has 0 aliphatic rings. The van der Waals surface area contributed by atoms with E-state index in [0.29, 0.717) is 11.3 Å². The van der Waals surface area contributed by atoms with Crippen molar-refractivity contribution in [3.05, 3.63) is 53.9 Å². The van der Waals surface area contributed by atoms with E-state index in [0.717, 1.165) is 12.3 Å². The minimum atomic E-state index is -4.47. The Balaban J connectivity index is 2.17. The van der Waals surface area contributed by atoms with Crippen molar-refractivity contribution >= 4 is 17.2 Å². The summed E-state index contributed by atoms with van der Waals surface area (Å²) >= 11 is 0. The van der Waals surface area contributed by atoms with Gasteiger partial charge in [0.15, 0.2) is 5.82 Å². The second-order valence-electron chi connectivity index (χ2n) is 5.81. The van der Waals surface area contributed by atoms with Gasteiger partial charge < -0.3 is 5.11 Å². The second kappa shape index (κ2) is 6.19. The summed E-state index contributed by atoms with van der Waals surface area (Å²) in [5.41, 5.74) is 0.298. The van der Waals surface area contributed by atoms with Crippen LogP contribution in [0.5, 0.6) is 5.75 Å². The number of phenols is 1. The molecule has 5 nitrogen and oxygen atoms in total. The molecule has 25 heavy (non-hydrogen) atoms. The molecule has 0 atom stereocenters. The third-order valence-electron chi connectivity index (χ3n) is 3.63. The van der Waals surface area contributed by atoms with Crippen LogP contribution in [0.4, 0.5) is 24.7 Å². The summed E-state index contributed by atoms with van der Waals surface area (Å²) in [6.07, 6.45) is -3.52. The van der Waals surface area contributed by atoms with E-state index in [1.807, 2.05) is 13.8 Å². The summed E-state index contributed by atoms with van der Waals surface area (Å²) in [7, 11) is 0. The van der Waals surface area contributed by atoms with Gasteiger partial charge in [-0.2, -0.15) is 13.2 Å². The lowest BCUT2D eigenvalue weighted by Crippen LogP contribution is -2.06. The molecule has 0 spiro atoms. The molecule has 8 heteroatoms. The highest BCUT2D eigenvalue weighted by Gasteiger charge is 2.31. The van der Waals surface area contributed by atoms with E-state index in [2.05, 4.69) is 15.2 Å². The van der Waals surface area contributed by atoms with Gasteiger partial charge in [0.25, 0.3) is 0 Å². The van der Waals surface area contributed by atoms with E-state index >= 15 is 0 Å². The number of nitrogens with zero attached hydrogens (tertiary/aromatic N) is 4. The standard InChI is InChI=1S/C17H15F3N4O/c1-10(2)15-16(23-22-12-5-3-4-6-13(12)25)24-9-11(17(18,19)20)7-8-14(24)21-15/h3-10,25H,1-2H3. The lowest BCUT2D eigenvalue weighted by atomic mass is 10.1. The molecule has 130 valence electrons. The van der Waals surface area contributed by atoms with E-state index in [-0.39, 0.29) is 23.2 Å². The number of imidazole rings is 1. The summed E-state index contributed by atoms with van der Waals surface area (Å²) in [4.78, 5) is 4.35. The first kappa shape index (κ1) is 16.9. The molecule has 0 fully saturated rings. The molecular weight excluding hydrogens is 333 g/mol. The van der Waals surface area contributed by atoms with Gasteiger partial charge in [-0.15, -0.1) is 10.2 Å². The SMILES string of the molecule is CC(C)c1nc2ccc(C(F)(F)F)cn2c1N=Nc1ccccc1O. The minimum absolute atomic E-state index is 0.0624. The zero-order valence-electron chi connectivity index (χ0n) is 13.5. The Morgan fingerprint density at radius 3 is 2.44 bits per heavy atom. The van der Waals surface area contributed by atoms with E-state index in [4.69, 9.17) is 0 Å². The predicted octanol–water partition coefficient (Wildman–Crippen LogP) is 5.60. The second-order valence-corrected chi connectivity index (χ2v) is 5.81. The van der Waals surface area contributed by atoms with Crippen LogP contribution in [0.3, 0.4) is 0 Å². The molecule has 0 amide bonds. The van der Waals surface area contributed by atoms with Crippen molar-refractivity contribution in [1.29, 1.82) is 0 Å². The van der Waals surface area contributed by atoms with Crippen molar-refractivity contribution in [1.82, 2.24) is 9.38 Å². The van der Waals surface area contributed by atoms with Gasteiger partial charge in [0.1, 0.15) is 17.1 Å². The van der Waals surface area contributed by atoms with Gasteiger partial charge in [0.2, 0.25) is 0 Å². The number of rotatable bonds is 3. The molecule has 2 heterocycles. The zero-order chi connectivity index (χ0) is 18.2. The van der Waals surface area contributed by atoms with Crippen molar-refractivity contribution in [3.8, 4) is 5.75 Å². The Labute approximate surface area is 141 Å². The van der Waals surface area contributed by atoms with Crippen LogP contribution in [0, 0.1) is 0 Å². The number of fused-ring (bicyclic) bond motifs is 1. The number of aromatic nitrogens is 2. The lowest BCUT2D eigenvalue weighted by molar-refractivity contribution is -0.137. The maximum absolute atomic E-state index is 13.0. The van der Waals surface area contributed by atoms with Crippen molar-refractivity contribution in [2.24, 2.45) is 10.2 Å². The first-order valence-electron chi connectivity index (χ1n) is 7.56. The fourth-order valence-corrected chi connectivity index (χ4v) is 2.35. The zero-order valence-corrected chi connectivity index (χ0v) is 13.5. The Morgan fingerprint density at radius 2 is 1.80 bits per heavy atom. The quantitative estimate of drug-likeness (QED) is 0.627. The number of benzene rings is 1. The third kappa shape index (κ3) is 3.33. The average molecular weight is 348 g/mol. The van der Waals surface area contributed by atoms with Crippen molar-refractivity contribution in [2.75, 3.05) is 0 Å². The summed E-state index contributed by atoms with van der Waals surface area (Å²) in [5, 5.41) is 17.8. The van der Waals surface area contributed by atoms with Gasteiger partial charge in [-0.05, 0) is 30.2 Å². The Hall–Kier alpha value is -2.90. The number of para-hydroxylation sites is 1. The molecule has 1 N–H and O–H groups in total. The first-order valence-corrected chi connectivity index (χ1v) is 7.56. The number of aromatic hydroxyl groups is 1. The maximum atomic E-state index is 13.0. The van der Waals surface area contributed by atoms with Crippen molar-refractivity contribution in [3.63, 3.8) is 0 Å². The number of hydrogen-bond acceptors (Lipinski definition) is 4. The maximum Gasteiger partial charge on any atom is 0.417 e. The first-order chi connectivity index (χ1) is 11.8. The molecule has 0 saturated carbocycles. The number of azo groups is 1. The van der Waals surface area contributed by atoms with Gasteiger partial charge in [0, 0.05) is 6.20 Å². The highest BCUT2D eigenvalue weighted by atomic mass is 19.4. The van der Waals surface area contributed by atoms with Gasteiger partial charge in [0.05, 0.1) is 11.3 Å². The molecule has 3 aromatic rings. The van der Waals surface area contributed by atoms with Gasteiger partial charge in [-0.3, -0.25) is 4.40 Å². The monoisotopic (exact) mass is 348 g/mol. The van der Waals surface area contributed by atoms with Gasteiger partial charge in [-0.25, -0.2) is 4.98 Å². The number of halogens is 3. The number of pyridine rings is 1. The van der Waals surface area contributed by atoms with Crippen molar-refractivity contribution in [2.45, 2.75) is 25.9 Å². The lowest BCUT2D eigenvalue weighted by Gasteiger charge is -2.07. The molecule has 0 bridgehead atoms. The van der Waals surface area contributed by atoms with E-state index in [9.17, 15) is 18.3 Å². The van der Waals surface area contributed by atoms with Gasteiger partial charge in [-0.1, -0.05) is 26.0 Å².